The van der Waals surface area contributed by atoms with Crippen molar-refractivity contribution in [3.8, 4) is 0 Å². The fourth-order valence-electron chi connectivity index (χ4n) is 1.79. The van der Waals surface area contributed by atoms with Crippen LogP contribution in [-0.4, -0.2) is 25.2 Å². The van der Waals surface area contributed by atoms with Gasteiger partial charge in [-0.15, -0.1) is 12.4 Å². The maximum Gasteiger partial charge on any atom is 0.315 e. The van der Waals surface area contributed by atoms with Crippen molar-refractivity contribution < 1.29 is 4.79 Å². The van der Waals surface area contributed by atoms with Gasteiger partial charge < -0.3 is 16.0 Å². The molecule has 2 rings (SSSR count). The Bertz CT molecular complexity index is 339. The molecule has 1 fully saturated rings. The average Bonchev–Trinajstić information content (AvgIpc) is 2.81. The van der Waals surface area contributed by atoms with Crippen LogP contribution in [-0.2, 0) is 6.54 Å². The first-order chi connectivity index (χ1) is 7.84. The second kappa shape index (κ2) is 7.14. The van der Waals surface area contributed by atoms with Gasteiger partial charge in [-0.1, -0.05) is 30.3 Å². The molecule has 4 nitrogen and oxygen atoms in total. The van der Waals surface area contributed by atoms with E-state index in [0.717, 1.165) is 25.1 Å². The summed E-state index contributed by atoms with van der Waals surface area (Å²) in [5.74, 6) is 0. The molecule has 0 spiro atoms. The van der Waals surface area contributed by atoms with Gasteiger partial charge in [-0.05, 0) is 18.5 Å². The Morgan fingerprint density at radius 1 is 1.35 bits per heavy atom. The smallest absolute Gasteiger partial charge is 0.315 e. The van der Waals surface area contributed by atoms with Gasteiger partial charge >= 0.3 is 6.03 Å². The summed E-state index contributed by atoms with van der Waals surface area (Å²) < 4.78 is 0. The lowest BCUT2D eigenvalue weighted by molar-refractivity contribution is 0.237. The first kappa shape index (κ1) is 13.8. The van der Waals surface area contributed by atoms with Gasteiger partial charge in [0.25, 0.3) is 0 Å². The number of urea groups is 1. The summed E-state index contributed by atoms with van der Waals surface area (Å²) in [6, 6.07) is 10.1. The van der Waals surface area contributed by atoms with E-state index in [1.165, 1.54) is 0 Å². The van der Waals surface area contributed by atoms with Crippen LogP contribution < -0.4 is 16.0 Å². The molecule has 5 heteroatoms. The number of carbonyl (C=O) groups excluding carboxylic acids is 1. The Morgan fingerprint density at radius 3 is 2.76 bits per heavy atom. The second-order valence-electron chi connectivity index (χ2n) is 4.00. The van der Waals surface area contributed by atoms with Gasteiger partial charge in [0.15, 0.2) is 0 Å². The quantitative estimate of drug-likeness (QED) is 0.762. The molecule has 17 heavy (non-hydrogen) atoms. The molecular formula is C12H18ClN3O. The highest BCUT2D eigenvalue weighted by atomic mass is 35.5. The standard InChI is InChI=1S/C12H17N3O.ClH/c16-12(15-11-6-7-13-9-11)14-8-10-4-2-1-3-5-10;/h1-5,11,13H,6-9H2,(H2,14,15,16);1H/t11-;/m1./s1. The predicted octanol–water partition coefficient (Wildman–Crippen LogP) is 1.27. The molecule has 0 bridgehead atoms. The fourth-order valence-corrected chi connectivity index (χ4v) is 1.79. The summed E-state index contributed by atoms with van der Waals surface area (Å²) in [5, 5.41) is 8.99. The van der Waals surface area contributed by atoms with Crippen LogP contribution in [0.1, 0.15) is 12.0 Å². The molecule has 1 atom stereocenters. The minimum atomic E-state index is -0.0856. The molecule has 0 aliphatic carbocycles. The molecule has 1 saturated heterocycles. The molecule has 0 unspecified atom stereocenters. The van der Waals surface area contributed by atoms with Crippen molar-refractivity contribution in [3.05, 3.63) is 35.9 Å². The van der Waals surface area contributed by atoms with Gasteiger partial charge in [0.05, 0.1) is 0 Å². The number of hydrogen-bond donors (Lipinski definition) is 3. The number of rotatable bonds is 3. The van der Waals surface area contributed by atoms with E-state index in [1.807, 2.05) is 30.3 Å². The van der Waals surface area contributed by atoms with Gasteiger partial charge in [-0.25, -0.2) is 4.79 Å². The second-order valence-corrected chi connectivity index (χ2v) is 4.00. The van der Waals surface area contributed by atoms with Crippen molar-refractivity contribution >= 4 is 18.4 Å². The van der Waals surface area contributed by atoms with Gasteiger partial charge in [0, 0.05) is 19.1 Å². The van der Waals surface area contributed by atoms with Crippen LogP contribution in [0.15, 0.2) is 30.3 Å². The van der Waals surface area contributed by atoms with Crippen molar-refractivity contribution in [1.29, 1.82) is 0 Å². The first-order valence-electron chi connectivity index (χ1n) is 5.63. The largest absolute Gasteiger partial charge is 0.334 e. The van der Waals surface area contributed by atoms with Crippen molar-refractivity contribution in [1.82, 2.24) is 16.0 Å². The molecule has 3 N–H and O–H groups in total. The van der Waals surface area contributed by atoms with E-state index in [-0.39, 0.29) is 24.5 Å². The SMILES string of the molecule is Cl.O=C(NCc1ccccc1)N[C@@H]1CCNC1. The van der Waals surface area contributed by atoms with Crippen molar-refractivity contribution in [2.45, 2.75) is 19.0 Å². The highest BCUT2D eigenvalue weighted by molar-refractivity contribution is 5.85. The number of amides is 2. The Morgan fingerprint density at radius 2 is 2.12 bits per heavy atom. The van der Waals surface area contributed by atoms with Gasteiger partial charge in [0.1, 0.15) is 0 Å². The molecule has 94 valence electrons. The topological polar surface area (TPSA) is 53.2 Å². The third-order valence-electron chi connectivity index (χ3n) is 2.69. The zero-order valence-corrected chi connectivity index (χ0v) is 10.4. The number of hydrogen-bond acceptors (Lipinski definition) is 2. The summed E-state index contributed by atoms with van der Waals surface area (Å²) in [6.45, 7) is 2.44. The van der Waals surface area contributed by atoms with E-state index in [9.17, 15) is 4.79 Å². The van der Waals surface area contributed by atoms with Gasteiger partial charge in [0.2, 0.25) is 0 Å². The van der Waals surface area contributed by atoms with E-state index in [2.05, 4.69) is 16.0 Å². The van der Waals surface area contributed by atoms with Crippen LogP contribution in [0, 0.1) is 0 Å². The molecule has 1 heterocycles. The average molecular weight is 256 g/mol. The minimum absolute atomic E-state index is 0. The lowest BCUT2D eigenvalue weighted by Crippen LogP contribution is -2.42. The summed E-state index contributed by atoms with van der Waals surface area (Å²) in [6.07, 6.45) is 1.01. The molecule has 1 aromatic carbocycles. The fraction of sp³-hybridized carbons (Fsp3) is 0.417. The molecule has 0 saturated carbocycles. The highest BCUT2D eigenvalue weighted by Crippen LogP contribution is 1.98. The Hall–Kier alpha value is -1.26. The van der Waals surface area contributed by atoms with E-state index < -0.39 is 0 Å². The molecule has 1 aliphatic rings. The minimum Gasteiger partial charge on any atom is -0.334 e. The molecule has 0 radical (unpaired) electrons. The van der Waals surface area contributed by atoms with Crippen molar-refractivity contribution in [2.75, 3.05) is 13.1 Å². The Balaban J connectivity index is 0.00000144. The van der Waals surface area contributed by atoms with Crippen molar-refractivity contribution in [2.24, 2.45) is 0 Å². The van der Waals surface area contributed by atoms with Crippen LogP contribution >= 0.6 is 12.4 Å². The van der Waals surface area contributed by atoms with Crippen LogP contribution in [0.2, 0.25) is 0 Å². The zero-order valence-electron chi connectivity index (χ0n) is 9.61. The predicted molar refractivity (Wildman–Crippen MR) is 70.3 cm³/mol. The number of benzene rings is 1. The number of halogens is 1. The molecule has 1 aliphatic heterocycles. The van der Waals surface area contributed by atoms with Crippen LogP contribution in [0.5, 0.6) is 0 Å². The van der Waals surface area contributed by atoms with Crippen LogP contribution in [0.3, 0.4) is 0 Å². The molecule has 1 aromatic rings. The lowest BCUT2D eigenvalue weighted by Gasteiger charge is -2.12. The van der Waals surface area contributed by atoms with Gasteiger partial charge in [-0.3, -0.25) is 0 Å². The monoisotopic (exact) mass is 255 g/mol. The summed E-state index contributed by atoms with van der Waals surface area (Å²) in [7, 11) is 0. The van der Waals surface area contributed by atoms with Crippen LogP contribution in [0.25, 0.3) is 0 Å². The van der Waals surface area contributed by atoms with E-state index in [0.29, 0.717) is 6.54 Å². The molecule has 2 amide bonds. The summed E-state index contributed by atoms with van der Waals surface area (Å²) in [4.78, 5) is 11.5. The number of carbonyl (C=O) groups is 1. The normalized spacial score (nSPS) is 18.2. The Labute approximate surface area is 108 Å². The maximum atomic E-state index is 11.5. The first-order valence-corrected chi connectivity index (χ1v) is 5.63. The lowest BCUT2D eigenvalue weighted by atomic mass is 10.2. The Kier molecular flexibility index (Phi) is 5.80. The van der Waals surface area contributed by atoms with Crippen molar-refractivity contribution in [3.63, 3.8) is 0 Å². The molecular weight excluding hydrogens is 238 g/mol. The van der Waals surface area contributed by atoms with Gasteiger partial charge in [-0.2, -0.15) is 0 Å². The zero-order chi connectivity index (χ0) is 11.2. The molecule has 0 aromatic heterocycles. The number of nitrogens with one attached hydrogen (secondary N) is 3. The van der Waals surface area contributed by atoms with E-state index in [1.54, 1.807) is 0 Å². The highest BCUT2D eigenvalue weighted by Gasteiger charge is 2.15. The summed E-state index contributed by atoms with van der Waals surface area (Å²) >= 11 is 0. The van der Waals surface area contributed by atoms with E-state index in [4.69, 9.17) is 0 Å². The maximum absolute atomic E-state index is 11.5. The summed E-state index contributed by atoms with van der Waals surface area (Å²) in [5.41, 5.74) is 1.11. The van der Waals surface area contributed by atoms with Crippen LogP contribution in [0.4, 0.5) is 4.79 Å². The van der Waals surface area contributed by atoms with E-state index >= 15 is 0 Å². The third kappa shape index (κ3) is 4.63. The third-order valence-corrected chi connectivity index (χ3v) is 2.69.